The predicted octanol–water partition coefficient (Wildman–Crippen LogP) is 5.78. The molecule has 1 heterocycles. The summed E-state index contributed by atoms with van der Waals surface area (Å²) in [5, 5.41) is 0. The number of imidazole rings is 1. The molecular weight excluding hydrogens is 408 g/mol. The lowest BCUT2D eigenvalue weighted by Crippen LogP contribution is -2.36. The number of aromatic nitrogens is 2. The SMILES string of the molecule is CCOC(=O)/C=C/CCc1cn(C(c2ccccc2)(c2ccccc2)c2ccccc2)cn1. The van der Waals surface area contributed by atoms with Gasteiger partial charge in [0, 0.05) is 12.3 Å². The topological polar surface area (TPSA) is 44.1 Å². The molecule has 4 heteroatoms. The highest BCUT2D eigenvalue weighted by atomic mass is 16.5. The van der Waals surface area contributed by atoms with E-state index < -0.39 is 5.54 Å². The van der Waals surface area contributed by atoms with Gasteiger partial charge in [-0.05, 0) is 36.5 Å². The van der Waals surface area contributed by atoms with Crippen LogP contribution >= 0.6 is 0 Å². The Labute approximate surface area is 195 Å². The third-order valence-electron chi connectivity index (χ3n) is 5.71. The normalized spacial score (nSPS) is 11.5. The van der Waals surface area contributed by atoms with E-state index in [1.165, 1.54) is 6.08 Å². The number of carbonyl (C=O) groups is 1. The summed E-state index contributed by atoms with van der Waals surface area (Å²) in [5.74, 6) is -0.306. The molecule has 0 aliphatic carbocycles. The first-order valence-electron chi connectivity index (χ1n) is 11.3. The van der Waals surface area contributed by atoms with E-state index >= 15 is 0 Å². The summed E-state index contributed by atoms with van der Waals surface area (Å²) in [6, 6.07) is 31.6. The second kappa shape index (κ2) is 10.6. The third kappa shape index (κ3) is 4.80. The van der Waals surface area contributed by atoms with Gasteiger partial charge in [0.15, 0.2) is 0 Å². The highest BCUT2D eigenvalue weighted by molar-refractivity contribution is 5.81. The maximum atomic E-state index is 11.5. The molecule has 0 bridgehead atoms. The number of nitrogens with zero attached hydrogens (tertiary/aromatic N) is 2. The predicted molar refractivity (Wildman–Crippen MR) is 131 cm³/mol. The van der Waals surface area contributed by atoms with Crippen LogP contribution in [0.5, 0.6) is 0 Å². The lowest BCUT2D eigenvalue weighted by molar-refractivity contribution is -0.137. The first-order chi connectivity index (χ1) is 16.2. The Morgan fingerprint density at radius 2 is 1.39 bits per heavy atom. The van der Waals surface area contributed by atoms with Crippen LogP contribution in [0.1, 0.15) is 35.7 Å². The molecule has 0 spiro atoms. The van der Waals surface area contributed by atoms with Gasteiger partial charge in [0.25, 0.3) is 0 Å². The average molecular weight is 437 g/mol. The maximum absolute atomic E-state index is 11.5. The molecule has 0 unspecified atom stereocenters. The highest BCUT2D eigenvalue weighted by Gasteiger charge is 2.38. The minimum absolute atomic E-state index is 0.306. The number of rotatable bonds is 9. The fourth-order valence-corrected chi connectivity index (χ4v) is 4.26. The van der Waals surface area contributed by atoms with Crippen molar-refractivity contribution in [1.82, 2.24) is 9.55 Å². The molecule has 4 nitrogen and oxygen atoms in total. The lowest BCUT2D eigenvalue weighted by Gasteiger charge is -2.37. The van der Waals surface area contributed by atoms with Crippen LogP contribution in [0.25, 0.3) is 0 Å². The van der Waals surface area contributed by atoms with E-state index in [-0.39, 0.29) is 5.97 Å². The van der Waals surface area contributed by atoms with Crippen LogP contribution in [0.3, 0.4) is 0 Å². The Morgan fingerprint density at radius 1 is 0.879 bits per heavy atom. The standard InChI is InChI=1S/C29H28N2O2/c1-2-33-28(32)21-13-12-20-27-22-31(23-30-27)29(24-14-6-3-7-15-24,25-16-8-4-9-17-25)26-18-10-5-11-19-26/h3-11,13-19,21-23H,2,12,20H2,1H3/b21-13+. The summed E-state index contributed by atoms with van der Waals surface area (Å²) in [6.45, 7) is 2.19. The third-order valence-corrected chi connectivity index (χ3v) is 5.71. The summed E-state index contributed by atoms with van der Waals surface area (Å²) >= 11 is 0. The Kier molecular flexibility index (Phi) is 7.16. The van der Waals surface area contributed by atoms with Gasteiger partial charge in [-0.25, -0.2) is 9.78 Å². The number of hydrogen-bond acceptors (Lipinski definition) is 3. The molecule has 0 amide bonds. The molecular formula is C29H28N2O2. The Balaban J connectivity index is 1.76. The molecule has 0 radical (unpaired) electrons. The zero-order valence-corrected chi connectivity index (χ0v) is 18.8. The molecule has 166 valence electrons. The van der Waals surface area contributed by atoms with Crippen LogP contribution in [0, 0.1) is 0 Å². The minimum atomic E-state index is -0.560. The van der Waals surface area contributed by atoms with Crippen molar-refractivity contribution in [1.29, 1.82) is 0 Å². The molecule has 33 heavy (non-hydrogen) atoms. The van der Waals surface area contributed by atoms with Crippen LogP contribution in [0.2, 0.25) is 0 Å². The van der Waals surface area contributed by atoms with E-state index in [2.05, 4.69) is 83.6 Å². The van der Waals surface area contributed by atoms with E-state index in [9.17, 15) is 4.79 Å². The summed E-state index contributed by atoms with van der Waals surface area (Å²) in [4.78, 5) is 16.3. The van der Waals surface area contributed by atoms with Crippen LogP contribution in [0.4, 0.5) is 0 Å². The van der Waals surface area contributed by atoms with Gasteiger partial charge >= 0.3 is 5.97 Å². The molecule has 3 aromatic carbocycles. The maximum Gasteiger partial charge on any atom is 0.330 e. The van der Waals surface area contributed by atoms with Gasteiger partial charge in [-0.15, -0.1) is 0 Å². The van der Waals surface area contributed by atoms with Crippen molar-refractivity contribution in [3.05, 3.63) is 138 Å². The Morgan fingerprint density at radius 3 is 1.88 bits per heavy atom. The zero-order chi connectivity index (χ0) is 22.9. The molecule has 0 aliphatic rings. The molecule has 0 saturated heterocycles. The molecule has 0 fully saturated rings. The van der Waals surface area contributed by atoms with E-state index in [1.807, 2.05) is 30.6 Å². The van der Waals surface area contributed by atoms with E-state index in [4.69, 9.17) is 9.72 Å². The number of esters is 1. The number of allylic oxidation sites excluding steroid dienone is 1. The van der Waals surface area contributed by atoms with Crippen molar-refractivity contribution < 1.29 is 9.53 Å². The second-order valence-corrected chi connectivity index (χ2v) is 7.77. The lowest BCUT2D eigenvalue weighted by atomic mass is 9.77. The number of benzene rings is 3. The molecule has 0 atom stereocenters. The largest absolute Gasteiger partial charge is 0.463 e. The fourth-order valence-electron chi connectivity index (χ4n) is 4.26. The van der Waals surface area contributed by atoms with Crippen molar-refractivity contribution in [2.24, 2.45) is 0 Å². The van der Waals surface area contributed by atoms with Crippen LogP contribution in [-0.4, -0.2) is 22.1 Å². The van der Waals surface area contributed by atoms with Crippen molar-refractivity contribution in [3.8, 4) is 0 Å². The zero-order valence-electron chi connectivity index (χ0n) is 18.8. The molecule has 1 aromatic heterocycles. The van der Waals surface area contributed by atoms with Gasteiger partial charge in [0.2, 0.25) is 0 Å². The molecule has 4 aromatic rings. The summed E-state index contributed by atoms with van der Waals surface area (Å²) in [6.07, 6.45) is 8.81. The van der Waals surface area contributed by atoms with Crippen molar-refractivity contribution in [2.45, 2.75) is 25.3 Å². The molecule has 0 N–H and O–H groups in total. The molecule has 0 saturated carbocycles. The summed E-state index contributed by atoms with van der Waals surface area (Å²) in [5.41, 5.74) is 3.89. The van der Waals surface area contributed by atoms with E-state index in [0.29, 0.717) is 13.0 Å². The minimum Gasteiger partial charge on any atom is -0.463 e. The van der Waals surface area contributed by atoms with Gasteiger partial charge in [-0.3, -0.25) is 0 Å². The first-order valence-corrected chi connectivity index (χ1v) is 11.3. The number of ether oxygens (including phenoxy) is 1. The molecule has 4 rings (SSSR count). The summed E-state index contributed by atoms with van der Waals surface area (Å²) < 4.78 is 7.15. The van der Waals surface area contributed by atoms with Crippen LogP contribution in [-0.2, 0) is 21.5 Å². The van der Waals surface area contributed by atoms with Crippen LogP contribution in [0.15, 0.2) is 116 Å². The smallest absolute Gasteiger partial charge is 0.330 e. The monoisotopic (exact) mass is 436 g/mol. The summed E-state index contributed by atoms with van der Waals surface area (Å²) in [7, 11) is 0. The first kappa shape index (κ1) is 22.3. The molecule has 0 aliphatic heterocycles. The Hall–Kier alpha value is -3.92. The quantitative estimate of drug-likeness (QED) is 0.190. The number of hydrogen-bond donors (Lipinski definition) is 0. The van der Waals surface area contributed by atoms with E-state index in [1.54, 1.807) is 6.92 Å². The fraction of sp³-hybridized carbons (Fsp3) is 0.172. The second-order valence-electron chi connectivity index (χ2n) is 7.77. The van der Waals surface area contributed by atoms with Crippen molar-refractivity contribution in [3.63, 3.8) is 0 Å². The number of aryl methyl sites for hydroxylation is 1. The van der Waals surface area contributed by atoms with Gasteiger partial charge < -0.3 is 9.30 Å². The van der Waals surface area contributed by atoms with Crippen molar-refractivity contribution >= 4 is 5.97 Å². The highest BCUT2D eigenvalue weighted by Crippen LogP contribution is 2.40. The average Bonchev–Trinajstić information content (AvgIpc) is 3.34. The van der Waals surface area contributed by atoms with E-state index in [0.717, 1.165) is 28.8 Å². The number of carbonyl (C=O) groups excluding carboxylic acids is 1. The van der Waals surface area contributed by atoms with Crippen molar-refractivity contribution in [2.75, 3.05) is 6.61 Å². The van der Waals surface area contributed by atoms with Gasteiger partial charge in [0.1, 0.15) is 5.54 Å². The van der Waals surface area contributed by atoms with Crippen LogP contribution < -0.4 is 0 Å². The Bertz CT molecular complexity index is 1090. The van der Waals surface area contributed by atoms with Gasteiger partial charge in [-0.2, -0.15) is 0 Å². The van der Waals surface area contributed by atoms with Gasteiger partial charge in [0.05, 0.1) is 18.6 Å². The van der Waals surface area contributed by atoms with Gasteiger partial charge in [-0.1, -0.05) is 97.1 Å².